The van der Waals surface area contributed by atoms with Crippen LogP contribution in [0.1, 0.15) is 12.8 Å². The molecule has 0 aliphatic heterocycles. The van der Waals surface area contributed by atoms with Gasteiger partial charge in [-0.2, -0.15) is 0 Å². The van der Waals surface area contributed by atoms with Crippen molar-refractivity contribution in [3.05, 3.63) is 48.5 Å². The molecule has 0 unspecified atom stereocenters. The minimum atomic E-state index is -0.169. The minimum absolute atomic E-state index is 0.0414. The highest BCUT2D eigenvalue weighted by molar-refractivity contribution is 8.01. The fourth-order valence-corrected chi connectivity index (χ4v) is 5.36. The number of nitrogens with zero attached hydrogens (tertiary/aromatic N) is 1. The summed E-state index contributed by atoms with van der Waals surface area (Å²) in [5.74, 6) is 0.466. The van der Waals surface area contributed by atoms with Gasteiger partial charge in [0.25, 0.3) is 0 Å². The first-order valence-corrected chi connectivity index (χ1v) is 13.1. The number of fused-ring (bicyclic) bond motifs is 1. The first kappa shape index (κ1) is 22.6. The van der Waals surface area contributed by atoms with Gasteiger partial charge in [-0.15, -0.1) is 23.1 Å². The molecular formula is C22H22N4O3S3. The van der Waals surface area contributed by atoms with Crippen LogP contribution < -0.4 is 16.0 Å². The van der Waals surface area contributed by atoms with Gasteiger partial charge in [-0.1, -0.05) is 30.0 Å². The highest BCUT2D eigenvalue weighted by atomic mass is 32.2. The van der Waals surface area contributed by atoms with Crippen LogP contribution in [0.4, 0.5) is 11.4 Å². The van der Waals surface area contributed by atoms with Crippen LogP contribution in [0.15, 0.2) is 52.9 Å². The molecule has 1 heterocycles. The van der Waals surface area contributed by atoms with Gasteiger partial charge >= 0.3 is 0 Å². The molecule has 1 aromatic heterocycles. The topological polar surface area (TPSA) is 100 Å². The molecule has 7 nitrogen and oxygen atoms in total. The van der Waals surface area contributed by atoms with E-state index in [9.17, 15) is 14.4 Å². The van der Waals surface area contributed by atoms with Gasteiger partial charge in [0.15, 0.2) is 4.34 Å². The van der Waals surface area contributed by atoms with Crippen molar-refractivity contribution < 1.29 is 14.4 Å². The number of hydrogen-bond donors (Lipinski definition) is 3. The molecule has 3 N–H and O–H groups in total. The van der Waals surface area contributed by atoms with Crippen LogP contribution in [0, 0.1) is 0 Å². The van der Waals surface area contributed by atoms with Crippen LogP contribution in [-0.4, -0.2) is 46.0 Å². The number of thioether (sulfide) groups is 2. The van der Waals surface area contributed by atoms with Gasteiger partial charge in [0.05, 0.1) is 27.5 Å². The molecule has 1 aliphatic rings. The van der Waals surface area contributed by atoms with Gasteiger partial charge in [-0.3, -0.25) is 14.4 Å². The van der Waals surface area contributed by atoms with E-state index in [0.717, 1.165) is 33.1 Å². The molecule has 10 heteroatoms. The summed E-state index contributed by atoms with van der Waals surface area (Å²) in [7, 11) is 0. The number of aromatic nitrogens is 1. The fraction of sp³-hybridized carbons (Fsp3) is 0.273. The average molecular weight is 487 g/mol. The second-order valence-corrected chi connectivity index (χ2v) is 10.5. The number of carbonyl (C=O) groups is 3. The summed E-state index contributed by atoms with van der Waals surface area (Å²) < 4.78 is 1.78. The molecule has 0 radical (unpaired) electrons. The molecule has 0 spiro atoms. The summed E-state index contributed by atoms with van der Waals surface area (Å²) in [6.45, 7) is 0. The lowest BCUT2D eigenvalue weighted by Crippen LogP contribution is -2.26. The van der Waals surface area contributed by atoms with E-state index in [-0.39, 0.29) is 29.2 Å². The Morgan fingerprint density at radius 1 is 0.906 bits per heavy atom. The van der Waals surface area contributed by atoms with E-state index in [0.29, 0.717) is 17.5 Å². The summed E-state index contributed by atoms with van der Waals surface area (Å²) >= 11 is 4.18. The average Bonchev–Trinajstić information content (AvgIpc) is 3.49. The second kappa shape index (κ2) is 10.8. The number of hydrogen-bond acceptors (Lipinski definition) is 7. The smallest absolute Gasteiger partial charge is 0.234 e. The van der Waals surface area contributed by atoms with Gasteiger partial charge in [0.1, 0.15) is 0 Å². The number of rotatable bonds is 10. The van der Waals surface area contributed by atoms with Gasteiger partial charge in [-0.25, -0.2) is 4.98 Å². The summed E-state index contributed by atoms with van der Waals surface area (Å²) in [6.07, 6.45) is 2.15. The Morgan fingerprint density at radius 2 is 1.62 bits per heavy atom. The lowest BCUT2D eigenvalue weighted by molar-refractivity contribution is -0.118. The third kappa shape index (κ3) is 6.98. The second-order valence-electron chi connectivity index (χ2n) is 7.25. The van der Waals surface area contributed by atoms with Gasteiger partial charge in [0, 0.05) is 17.4 Å². The molecule has 3 amide bonds. The third-order valence-corrected chi connectivity index (χ3v) is 7.54. The van der Waals surface area contributed by atoms with Crippen molar-refractivity contribution in [3.63, 3.8) is 0 Å². The van der Waals surface area contributed by atoms with Crippen molar-refractivity contribution in [3.8, 4) is 0 Å². The van der Waals surface area contributed by atoms with Crippen LogP contribution in [-0.2, 0) is 14.4 Å². The maximum absolute atomic E-state index is 12.2. The van der Waals surface area contributed by atoms with Crippen molar-refractivity contribution in [2.75, 3.05) is 27.9 Å². The Kier molecular flexibility index (Phi) is 7.67. The maximum Gasteiger partial charge on any atom is 0.234 e. The fourth-order valence-electron chi connectivity index (χ4n) is 2.82. The lowest BCUT2D eigenvalue weighted by Gasteiger charge is -2.06. The zero-order chi connectivity index (χ0) is 22.3. The van der Waals surface area contributed by atoms with E-state index in [1.807, 2.05) is 42.5 Å². The molecule has 0 bridgehead atoms. The van der Waals surface area contributed by atoms with Crippen LogP contribution in [0.3, 0.4) is 0 Å². The predicted molar refractivity (Wildman–Crippen MR) is 133 cm³/mol. The van der Waals surface area contributed by atoms with Crippen molar-refractivity contribution >= 4 is 74.2 Å². The SMILES string of the molecule is O=C(CSCC(=O)Nc1ccc2nc(SCC(=O)NC3CC3)sc2c1)Nc1ccccc1. The maximum atomic E-state index is 12.2. The Morgan fingerprint density at radius 3 is 2.34 bits per heavy atom. The summed E-state index contributed by atoms with van der Waals surface area (Å²) in [6, 6.07) is 15.1. The molecule has 1 saturated carbocycles. The molecule has 32 heavy (non-hydrogen) atoms. The van der Waals surface area contributed by atoms with E-state index in [1.54, 1.807) is 6.07 Å². The van der Waals surface area contributed by atoms with Crippen molar-refractivity contribution in [1.29, 1.82) is 0 Å². The molecular weight excluding hydrogens is 464 g/mol. The zero-order valence-corrected chi connectivity index (χ0v) is 19.6. The van der Waals surface area contributed by atoms with E-state index in [4.69, 9.17) is 0 Å². The highest BCUT2D eigenvalue weighted by Gasteiger charge is 2.23. The lowest BCUT2D eigenvalue weighted by atomic mass is 10.3. The van der Waals surface area contributed by atoms with Crippen molar-refractivity contribution in [1.82, 2.24) is 10.3 Å². The summed E-state index contributed by atoms with van der Waals surface area (Å²) in [5, 5.41) is 8.62. The van der Waals surface area contributed by atoms with E-state index in [2.05, 4.69) is 20.9 Å². The van der Waals surface area contributed by atoms with Gasteiger partial charge in [0.2, 0.25) is 17.7 Å². The highest BCUT2D eigenvalue weighted by Crippen LogP contribution is 2.31. The molecule has 3 aromatic rings. The van der Waals surface area contributed by atoms with Crippen LogP contribution in [0.2, 0.25) is 0 Å². The number of anilines is 2. The van der Waals surface area contributed by atoms with Crippen molar-refractivity contribution in [2.45, 2.75) is 23.2 Å². The molecule has 0 saturated heterocycles. The molecule has 1 aliphatic carbocycles. The Labute approximate surface area is 198 Å². The monoisotopic (exact) mass is 486 g/mol. The molecule has 4 rings (SSSR count). The molecule has 166 valence electrons. The van der Waals surface area contributed by atoms with Gasteiger partial charge < -0.3 is 16.0 Å². The number of benzene rings is 2. The summed E-state index contributed by atoms with van der Waals surface area (Å²) in [5.41, 5.74) is 2.26. The standard InChI is InChI=1S/C22H22N4O3S3/c27-19(23-14-4-2-1-3-5-14)11-30-12-20(28)25-16-8-9-17-18(10-16)32-22(26-17)31-13-21(29)24-15-6-7-15/h1-5,8-10,15H,6-7,11-13H2,(H,23,27)(H,24,29)(H,25,28). The summed E-state index contributed by atoms with van der Waals surface area (Å²) in [4.78, 5) is 40.6. The quantitative estimate of drug-likeness (QED) is 0.375. The van der Waals surface area contributed by atoms with Gasteiger partial charge in [-0.05, 0) is 43.2 Å². The zero-order valence-electron chi connectivity index (χ0n) is 17.1. The predicted octanol–water partition coefficient (Wildman–Crippen LogP) is 3.98. The van der Waals surface area contributed by atoms with E-state index < -0.39 is 0 Å². The van der Waals surface area contributed by atoms with Crippen LogP contribution in [0.25, 0.3) is 10.2 Å². The first-order chi connectivity index (χ1) is 15.5. The number of amides is 3. The normalized spacial score (nSPS) is 13.0. The Balaban J connectivity index is 1.22. The number of carbonyl (C=O) groups excluding carboxylic acids is 3. The van der Waals surface area contributed by atoms with E-state index in [1.165, 1.54) is 34.9 Å². The largest absolute Gasteiger partial charge is 0.353 e. The molecule has 0 atom stereocenters. The first-order valence-electron chi connectivity index (χ1n) is 10.1. The van der Waals surface area contributed by atoms with E-state index >= 15 is 0 Å². The number of para-hydroxylation sites is 1. The Bertz CT molecular complexity index is 1120. The van der Waals surface area contributed by atoms with Crippen LogP contribution >= 0.6 is 34.9 Å². The minimum Gasteiger partial charge on any atom is -0.353 e. The Hall–Kier alpha value is -2.56. The molecule has 1 fully saturated rings. The molecule has 2 aromatic carbocycles. The van der Waals surface area contributed by atoms with Crippen molar-refractivity contribution in [2.24, 2.45) is 0 Å². The van der Waals surface area contributed by atoms with Crippen LogP contribution in [0.5, 0.6) is 0 Å². The number of thiazole rings is 1. The number of nitrogens with one attached hydrogen (secondary N) is 3. The third-order valence-electron chi connectivity index (χ3n) is 4.45.